The van der Waals surface area contributed by atoms with Crippen LogP contribution in [-0.4, -0.2) is 16.5 Å². The van der Waals surface area contributed by atoms with Gasteiger partial charge >= 0.3 is 6.18 Å². The van der Waals surface area contributed by atoms with Crippen molar-refractivity contribution >= 4 is 17.2 Å². The molecule has 0 saturated heterocycles. The summed E-state index contributed by atoms with van der Waals surface area (Å²) in [4.78, 5) is 8.11. The normalized spacial score (nSPS) is 12.5. The monoisotopic (exact) mass is 329 g/mol. The van der Waals surface area contributed by atoms with Gasteiger partial charge in [0, 0.05) is 23.8 Å². The molecular weight excluding hydrogens is 311 g/mol. The summed E-state index contributed by atoms with van der Waals surface area (Å²) in [6.45, 7) is 6.78. The maximum Gasteiger partial charge on any atom is 0.433 e. The number of rotatable bonds is 4. The third-order valence-corrected chi connectivity index (χ3v) is 4.24. The van der Waals surface area contributed by atoms with Gasteiger partial charge in [0.25, 0.3) is 0 Å². The van der Waals surface area contributed by atoms with Crippen LogP contribution in [0, 0.1) is 0 Å². The molecule has 22 heavy (non-hydrogen) atoms. The topological polar surface area (TPSA) is 37.8 Å². The largest absolute Gasteiger partial charge is 0.433 e. The highest BCUT2D eigenvalue weighted by atomic mass is 32.1. The van der Waals surface area contributed by atoms with E-state index in [0.29, 0.717) is 13.0 Å². The molecule has 0 aliphatic rings. The molecule has 2 heterocycles. The smallest absolute Gasteiger partial charge is 0.370 e. The average molecular weight is 329 g/mol. The molecule has 0 fully saturated rings. The standard InChI is InChI=1S/C15H18F3N3S/c1-14(2,3)13-20-10(9-22-13)7-8-19-12-6-4-5-11(21-12)15(16,17)18/h4-6,9H,7-8H2,1-3H3,(H,19,21). The number of thiazole rings is 1. The fourth-order valence-electron chi connectivity index (χ4n) is 1.78. The molecule has 2 aromatic heterocycles. The highest BCUT2D eigenvalue weighted by Crippen LogP contribution is 2.28. The number of alkyl halides is 3. The SMILES string of the molecule is CC(C)(C)c1nc(CCNc2cccc(C(F)(F)F)n2)cs1. The van der Waals surface area contributed by atoms with Crippen molar-refractivity contribution in [2.45, 2.75) is 38.8 Å². The van der Waals surface area contributed by atoms with E-state index in [4.69, 9.17) is 0 Å². The van der Waals surface area contributed by atoms with Gasteiger partial charge in [0.2, 0.25) is 0 Å². The van der Waals surface area contributed by atoms with Gasteiger partial charge in [-0.2, -0.15) is 13.2 Å². The Balaban J connectivity index is 1.93. The zero-order chi connectivity index (χ0) is 16.4. The van der Waals surface area contributed by atoms with Gasteiger partial charge in [-0.1, -0.05) is 26.8 Å². The molecule has 0 bridgehead atoms. The lowest BCUT2D eigenvalue weighted by atomic mass is 9.98. The maximum absolute atomic E-state index is 12.6. The van der Waals surface area contributed by atoms with Gasteiger partial charge in [-0.25, -0.2) is 9.97 Å². The highest BCUT2D eigenvalue weighted by Gasteiger charge is 2.32. The molecule has 3 nitrogen and oxygen atoms in total. The van der Waals surface area contributed by atoms with Crippen molar-refractivity contribution in [3.63, 3.8) is 0 Å². The van der Waals surface area contributed by atoms with Crippen LogP contribution in [0.15, 0.2) is 23.6 Å². The van der Waals surface area contributed by atoms with E-state index in [-0.39, 0.29) is 11.2 Å². The molecule has 1 N–H and O–H groups in total. The summed E-state index contributed by atoms with van der Waals surface area (Å²) in [6, 6.07) is 3.83. The summed E-state index contributed by atoms with van der Waals surface area (Å²) in [6.07, 6.45) is -3.78. The van der Waals surface area contributed by atoms with Crippen LogP contribution in [0.25, 0.3) is 0 Å². The third-order valence-electron chi connectivity index (χ3n) is 2.92. The van der Waals surface area contributed by atoms with E-state index in [1.807, 2.05) is 5.38 Å². The number of anilines is 1. The van der Waals surface area contributed by atoms with Crippen molar-refractivity contribution < 1.29 is 13.2 Å². The number of aromatic nitrogens is 2. The van der Waals surface area contributed by atoms with E-state index in [0.717, 1.165) is 16.8 Å². The van der Waals surface area contributed by atoms with Crippen LogP contribution in [0.1, 0.15) is 37.2 Å². The maximum atomic E-state index is 12.6. The molecule has 0 radical (unpaired) electrons. The quantitative estimate of drug-likeness (QED) is 0.897. The molecule has 0 aliphatic carbocycles. The van der Waals surface area contributed by atoms with Crippen molar-refractivity contribution in [3.05, 3.63) is 40.0 Å². The van der Waals surface area contributed by atoms with Gasteiger partial charge in [0.1, 0.15) is 11.5 Å². The molecule has 0 amide bonds. The minimum Gasteiger partial charge on any atom is -0.370 e. The summed E-state index contributed by atoms with van der Waals surface area (Å²) in [5.41, 5.74) is 0.0643. The van der Waals surface area contributed by atoms with E-state index in [9.17, 15) is 13.2 Å². The first-order valence-electron chi connectivity index (χ1n) is 6.89. The Hall–Kier alpha value is -1.63. The van der Waals surface area contributed by atoms with E-state index < -0.39 is 11.9 Å². The lowest BCUT2D eigenvalue weighted by molar-refractivity contribution is -0.141. The van der Waals surface area contributed by atoms with Crippen molar-refractivity contribution in [2.75, 3.05) is 11.9 Å². The summed E-state index contributed by atoms with van der Waals surface area (Å²) in [5.74, 6) is 0.223. The van der Waals surface area contributed by atoms with Gasteiger partial charge in [-0.3, -0.25) is 0 Å². The first-order valence-corrected chi connectivity index (χ1v) is 7.77. The first kappa shape index (κ1) is 16.7. The number of hydrogen-bond acceptors (Lipinski definition) is 4. The van der Waals surface area contributed by atoms with Crippen LogP contribution in [0.4, 0.5) is 19.0 Å². The van der Waals surface area contributed by atoms with Crippen molar-refractivity contribution in [2.24, 2.45) is 0 Å². The molecule has 2 rings (SSSR count). The predicted molar refractivity (Wildman–Crippen MR) is 82.2 cm³/mol. The van der Waals surface area contributed by atoms with Crippen molar-refractivity contribution in [1.29, 1.82) is 0 Å². The summed E-state index contributed by atoms with van der Waals surface area (Å²) < 4.78 is 37.7. The second kappa shape index (κ2) is 6.24. The summed E-state index contributed by atoms with van der Waals surface area (Å²) in [5, 5.41) is 5.95. The third kappa shape index (κ3) is 4.43. The average Bonchev–Trinajstić information content (AvgIpc) is 2.87. The van der Waals surface area contributed by atoms with Crippen LogP contribution >= 0.6 is 11.3 Å². The van der Waals surface area contributed by atoms with Gasteiger partial charge in [0.05, 0.1) is 10.7 Å². The fraction of sp³-hybridized carbons (Fsp3) is 0.467. The molecule has 0 atom stereocenters. The molecule has 7 heteroatoms. The van der Waals surface area contributed by atoms with Crippen LogP contribution in [0.2, 0.25) is 0 Å². The number of hydrogen-bond donors (Lipinski definition) is 1. The van der Waals surface area contributed by atoms with Crippen LogP contribution in [0.3, 0.4) is 0 Å². The molecule has 2 aromatic rings. The Morgan fingerprint density at radius 2 is 1.86 bits per heavy atom. The lowest BCUT2D eigenvalue weighted by Crippen LogP contribution is -2.12. The van der Waals surface area contributed by atoms with E-state index >= 15 is 0 Å². The molecular formula is C15H18F3N3S. The molecule has 0 unspecified atom stereocenters. The van der Waals surface area contributed by atoms with Gasteiger partial charge in [-0.15, -0.1) is 11.3 Å². The minimum absolute atomic E-state index is 0.0128. The second-order valence-electron chi connectivity index (χ2n) is 5.98. The van der Waals surface area contributed by atoms with Gasteiger partial charge < -0.3 is 5.32 Å². The summed E-state index contributed by atoms with van der Waals surface area (Å²) >= 11 is 1.61. The Bertz CT molecular complexity index is 629. The predicted octanol–water partition coefficient (Wildman–Crippen LogP) is 4.51. The number of halogens is 3. The molecule has 0 aliphatic heterocycles. The number of nitrogens with zero attached hydrogens (tertiary/aromatic N) is 2. The van der Waals surface area contributed by atoms with Gasteiger partial charge in [0.15, 0.2) is 0 Å². The number of nitrogens with one attached hydrogen (secondary N) is 1. The zero-order valence-electron chi connectivity index (χ0n) is 12.7. The van der Waals surface area contributed by atoms with Crippen molar-refractivity contribution in [3.8, 4) is 0 Å². The van der Waals surface area contributed by atoms with Crippen molar-refractivity contribution in [1.82, 2.24) is 9.97 Å². The fourth-order valence-corrected chi connectivity index (χ4v) is 2.72. The van der Waals surface area contributed by atoms with E-state index in [2.05, 4.69) is 36.1 Å². The van der Waals surface area contributed by atoms with Crippen LogP contribution in [0.5, 0.6) is 0 Å². The lowest BCUT2D eigenvalue weighted by Gasteiger charge is -2.13. The van der Waals surface area contributed by atoms with Crippen LogP contribution < -0.4 is 5.32 Å². The van der Waals surface area contributed by atoms with Gasteiger partial charge in [-0.05, 0) is 12.1 Å². The summed E-state index contributed by atoms with van der Waals surface area (Å²) in [7, 11) is 0. The highest BCUT2D eigenvalue weighted by molar-refractivity contribution is 7.09. The Morgan fingerprint density at radius 3 is 2.45 bits per heavy atom. The second-order valence-corrected chi connectivity index (χ2v) is 6.83. The first-order chi connectivity index (χ1) is 10.2. The number of pyridine rings is 1. The Labute approximate surface area is 131 Å². The van der Waals surface area contributed by atoms with E-state index in [1.54, 1.807) is 11.3 Å². The van der Waals surface area contributed by atoms with E-state index in [1.165, 1.54) is 12.1 Å². The zero-order valence-corrected chi connectivity index (χ0v) is 13.5. The molecule has 0 aromatic carbocycles. The minimum atomic E-state index is -4.42. The Kier molecular flexibility index (Phi) is 4.75. The molecule has 0 spiro atoms. The molecule has 120 valence electrons. The van der Waals surface area contributed by atoms with Crippen LogP contribution in [-0.2, 0) is 18.0 Å². The molecule has 0 saturated carbocycles. The Morgan fingerprint density at radius 1 is 1.14 bits per heavy atom.